The molecule has 0 fully saturated rings. The van der Waals surface area contributed by atoms with Gasteiger partial charge in [-0.15, -0.1) is 0 Å². The van der Waals surface area contributed by atoms with Crippen molar-refractivity contribution in [1.29, 1.82) is 0 Å². The molecule has 3 aromatic heterocycles. The number of nitro groups is 3. The number of nitro benzene ring substituents is 3. The van der Waals surface area contributed by atoms with Crippen molar-refractivity contribution >= 4 is 133 Å². The highest BCUT2D eigenvalue weighted by Crippen LogP contribution is 2.40. The van der Waals surface area contributed by atoms with Gasteiger partial charge in [0.25, 0.3) is 17.1 Å². The van der Waals surface area contributed by atoms with E-state index >= 15 is 0 Å². The van der Waals surface area contributed by atoms with Crippen molar-refractivity contribution in [2.24, 2.45) is 0 Å². The van der Waals surface area contributed by atoms with Gasteiger partial charge in [-0.05, 0) is 97.0 Å². The van der Waals surface area contributed by atoms with E-state index in [0.29, 0.717) is 85.6 Å². The van der Waals surface area contributed by atoms with Gasteiger partial charge in [-0.3, -0.25) is 54.3 Å². The van der Waals surface area contributed by atoms with Gasteiger partial charge in [0.2, 0.25) is 29.5 Å². The van der Waals surface area contributed by atoms with Gasteiger partial charge in [0, 0.05) is 134 Å². The average Bonchev–Trinajstić information content (AvgIpc) is 1.66. The maximum atomic E-state index is 14.5. The number of rotatable bonds is 37. The van der Waals surface area contributed by atoms with E-state index in [9.17, 15) is 84.0 Å². The standard InChI is InChI=1S/C69H69N11O17S3/c1-2-3-4-17-58(81)70-39-62(85)77-69(33-30-59(82)71-55(66(86)87)36-49-46-11-5-8-14-52(46)74-63(49)98-43-24-18-40(19-25-43)78(92)93,34-31-60(83)72-56(67(88)89)37-50-47-12-6-9-15-53(47)75-64(50)99-44-26-20-41(21-27-44)79(94)95)35-32-61(84)73-57(68(90)91)38-51-48-13-7-10-16-54(48)76-65(51)100-45-28-22-42(23-29-45)80(96)97/h5-16,18-29,55-57,74-76H,2-4,17,30-39H2,1H3,(H,70,81)(H,71,82)(H,72,83)(H,73,84)(H,77,85)(H,86,87)(H,88,89)(H,90,91). The Labute approximate surface area is 582 Å². The molecule has 9 aromatic rings. The van der Waals surface area contributed by atoms with E-state index in [-0.39, 0.29) is 42.7 Å². The normalized spacial score (nSPS) is 12.8. The Bertz CT molecular complexity index is 4120. The summed E-state index contributed by atoms with van der Waals surface area (Å²) in [6.07, 6.45) is -1.82. The zero-order valence-corrected chi connectivity index (χ0v) is 56.1. The summed E-state index contributed by atoms with van der Waals surface area (Å²) in [6, 6.07) is 33.3. The number of unbranched alkanes of at least 4 members (excludes halogenated alkanes) is 2. The Morgan fingerprint density at radius 1 is 0.430 bits per heavy atom. The summed E-state index contributed by atoms with van der Waals surface area (Å²) in [4.78, 5) is 155. The minimum absolute atomic E-state index is 0.0777. The van der Waals surface area contributed by atoms with Crippen molar-refractivity contribution in [3.63, 3.8) is 0 Å². The molecular weight excluding hydrogens is 1350 g/mol. The number of para-hydroxylation sites is 3. The van der Waals surface area contributed by atoms with Crippen molar-refractivity contribution < 1.29 is 68.4 Å². The first-order valence-electron chi connectivity index (χ1n) is 31.6. The second kappa shape index (κ2) is 33.9. The predicted molar refractivity (Wildman–Crippen MR) is 372 cm³/mol. The SMILES string of the molecule is CCCCCC(=O)NCC(=O)NC(CCC(=O)NC(Cc1c(Sc2ccc([N+](=O)[O-])cc2)[nH]c2ccccc12)C(=O)O)(CCC(=O)NC(Cc1c(Sc2ccc([N+](=O)[O-])cc2)[nH]c2ccccc12)C(=O)O)CCC(=O)NC(Cc1c(Sc2ccc([N+](=O)[O-])cc2)[nH]c2ccccc12)C(=O)O. The summed E-state index contributed by atoms with van der Waals surface area (Å²) in [5.41, 5.74) is 1.04. The van der Waals surface area contributed by atoms with Crippen molar-refractivity contribution in [1.82, 2.24) is 41.5 Å². The maximum Gasteiger partial charge on any atom is 0.326 e. The van der Waals surface area contributed by atoms with Crippen molar-refractivity contribution in [2.75, 3.05) is 6.54 Å². The van der Waals surface area contributed by atoms with E-state index in [4.69, 9.17) is 0 Å². The third-order valence-corrected chi connectivity index (χ3v) is 19.8. The van der Waals surface area contributed by atoms with Crippen LogP contribution in [0.3, 0.4) is 0 Å². The molecule has 0 radical (unpaired) electrons. The third-order valence-electron chi connectivity index (χ3n) is 16.6. The number of fused-ring (bicyclic) bond motifs is 3. The molecule has 0 aliphatic heterocycles. The lowest BCUT2D eigenvalue weighted by Crippen LogP contribution is -2.54. The summed E-state index contributed by atoms with van der Waals surface area (Å²) < 4.78 is 0. The highest BCUT2D eigenvalue weighted by Gasteiger charge is 2.37. The van der Waals surface area contributed by atoms with E-state index in [1.807, 2.05) is 6.92 Å². The smallest absolute Gasteiger partial charge is 0.326 e. The Balaban J connectivity index is 1.01. The number of carbonyl (C=O) groups excluding carboxylic acids is 5. The molecule has 3 unspecified atom stereocenters. The lowest BCUT2D eigenvalue weighted by molar-refractivity contribution is -0.385. The summed E-state index contributed by atoms with van der Waals surface area (Å²) in [5, 5.41) is 83.1. The molecule has 100 heavy (non-hydrogen) atoms. The van der Waals surface area contributed by atoms with E-state index in [1.165, 1.54) is 108 Å². The number of hydrogen-bond donors (Lipinski definition) is 11. The van der Waals surface area contributed by atoms with Crippen LogP contribution >= 0.6 is 35.3 Å². The second-order valence-electron chi connectivity index (χ2n) is 23.5. The number of carboxylic acids is 3. The molecule has 0 aliphatic rings. The Kier molecular flexibility index (Phi) is 24.9. The van der Waals surface area contributed by atoms with Crippen LogP contribution in [0.25, 0.3) is 32.7 Å². The van der Waals surface area contributed by atoms with Gasteiger partial charge in [0.05, 0.1) is 36.4 Å². The monoisotopic (exact) mass is 1420 g/mol. The number of benzene rings is 6. The van der Waals surface area contributed by atoms with Crippen molar-refractivity contribution in [3.8, 4) is 0 Å². The predicted octanol–water partition coefficient (Wildman–Crippen LogP) is 10.9. The molecule has 5 amide bonds. The number of aromatic amines is 3. The summed E-state index contributed by atoms with van der Waals surface area (Å²) >= 11 is 3.52. The number of aromatic nitrogens is 3. The number of amides is 5. The molecule has 0 aliphatic carbocycles. The first-order valence-corrected chi connectivity index (χ1v) is 34.1. The lowest BCUT2D eigenvalue weighted by Gasteiger charge is -2.35. The van der Waals surface area contributed by atoms with E-state index in [0.717, 1.165) is 12.8 Å². The van der Waals surface area contributed by atoms with Gasteiger partial charge in [-0.2, -0.15) is 0 Å². The molecule has 0 bridgehead atoms. The number of carboxylic acid groups (broad SMARTS) is 3. The number of H-pyrrole nitrogens is 3. The average molecular weight is 1420 g/mol. The van der Waals surface area contributed by atoms with Gasteiger partial charge >= 0.3 is 17.9 Å². The Morgan fingerprint density at radius 3 is 1.03 bits per heavy atom. The van der Waals surface area contributed by atoms with E-state index < -0.39 is 131 Å². The molecule has 0 saturated heterocycles. The maximum absolute atomic E-state index is 14.5. The van der Waals surface area contributed by atoms with E-state index in [1.54, 1.807) is 72.8 Å². The van der Waals surface area contributed by atoms with Gasteiger partial charge in [-0.25, -0.2) is 14.4 Å². The van der Waals surface area contributed by atoms with E-state index in [2.05, 4.69) is 41.5 Å². The number of non-ortho nitro benzene ring substituents is 3. The largest absolute Gasteiger partial charge is 0.480 e. The van der Waals surface area contributed by atoms with Crippen LogP contribution in [0, 0.1) is 30.3 Å². The molecule has 3 atom stereocenters. The molecule has 6 aromatic carbocycles. The van der Waals surface area contributed by atoms with Gasteiger partial charge < -0.3 is 56.9 Å². The minimum atomic E-state index is -1.82. The second-order valence-corrected chi connectivity index (χ2v) is 26.8. The van der Waals surface area contributed by atoms with Crippen LogP contribution in [-0.4, -0.2) is 123 Å². The molecule has 31 heteroatoms. The fourth-order valence-corrected chi connectivity index (χ4v) is 14.4. The summed E-state index contributed by atoms with van der Waals surface area (Å²) in [5.74, 6) is -8.24. The quantitative estimate of drug-likeness (QED) is 0.00978. The third kappa shape index (κ3) is 19.6. The zero-order valence-electron chi connectivity index (χ0n) is 53.6. The van der Waals surface area contributed by atoms with Gasteiger partial charge in [0.15, 0.2) is 0 Å². The lowest BCUT2D eigenvalue weighted by atomic mass is 9.82. The summed E-state index contributed by atoms with van der Waals surface area (Å²) in [6.45, 7) is 1.32. The van der Waals surface area contributed by atoms with Crippen LogP contribution in [0.15, 0.2) is 175 Å². The number of nitrogens with zero attached hydrogens (tertiary/aromatic N) is 3. The first kappa shape index (κ1) is 73.2. The number of hydrogen-bond acceptors (Lipinski definition) is 17. The van der Waals surface area contributed by atoms with Crippen LogP contribution in [0.5, 0.6) is 0 Å². The number of aliphatic carboxylic acids is 3. The number of carbonyl (C=O) groups is 8. The fourth-order valence-electron chi connectivity index (χ4n) is 11.4. The van der Waals surface area contributed by atoms with Crippen LogP contribution in [0.2, 0.25) is 0 Å². The van der Waals surface area contributed by atoms with Crippen LogP contribution < -0.4 is 26.6 Å². The zero-order chi connectivity index (χ0) is 71.6. The highest BCUT2D eigenvalue weighted by atomic mass is 32.2. The highest BCUT2D eigenvalue weighted by molar-refractivity contribution is 7.99. The van der Waals surface area contributed by atoms with Crippen molar-refractivity contribution in [2.45, 2.75) is 144 Å². The Morgan fingerprint density at radius 2 is 0.740 bits per heavy atom. The van der Waals surface area contributed by atoms with Crippen LogP contribution in [-0.2, 0) is 57.6 Å². The minimum Gasteiger partial charge on any atom is -0.480 e. The molecule has 11 N–H and O–H groups in total. The van der Waals surface area contributed by atoms with Crippen molar-refractivity contribution in [3.05, 3.63) is 193 Å². The topological polar surface area (TPSA) is 434 Å². The molecule has 0 saturated carbocycles. The molecule has 520 valence electrons. The van der Waals surface area contributed by atoms with Gasteiger partial charge in [0.1, 0.15) is 18.1 Å². The molecule has 3 heterocycles. The molecule has 9 rings (SSSR count). The number of nitrogens with one attached hydrogen (secondary N) is 8. The van der Waals surface area contributed by atoms with Crippen LogP contribution in [0.1, 0.15) is 87.8 Å². The molecule has 28 nitrogen and oxygen atoms in total. The van der Waals surface area contributed by atoms with Crippen LogP contribution in [0.4, 0.5) is 17.1 Å². The molecular formula is C69H69N11O17S3. The Hall–Kier alpha value is -11.1. The molecule has 0 spiro atoms. The van der Waals surface area contributed by atoms with Gasteiger partial charge in [-0.1, -0.05) is 110 Å². The summed E-state index contributed by atoms with van der Waals surface area (Å²) in [7, 11) is 0. The fraction of sp³-hybridized carbons (Fsp3) is 0.275. The first-order chi connectivity index (χ1) is 47.9.